The van der Waals surface area contributed by atoms with Gasteiger partial charge >= 0.3 is 0 Å². The molecule has 0 aromatic heterocycles. The van der Waals surface area contributed by atoms with Gasteiger partial charge in [-0.2, -0.15) is 12.6 Å². The van der Waals surface area contributed by atoms with Crippen LogP contribution >= 0.6 is 12.6 Å². The maximum atomic E-state index is 11.6. The molecule has 0 atom stereocenters. The van der Waals surface area contributed by atoms with E-state index < -0.39 is 10.0 Å². The summed E-state index contributed by atoms with van der Waals surface area (Å²) in [6.07, 6.45) is 0. The van der Waals surface area contributed by atoms with Gasteiger partial charge in [0.2, 0.25) is 10.0 Å². The van der Waals surface area contributed by atoms with E-state index in [0.717, 1.165) is 5.56 Å². The first-order valence-corrected chi connectivity index (χ1v) is 6.35. The first-order chi connectivity index (χ1) is 6.56. The monoisotopic (exact) mass is 231 g/mol. The van der Waals surface area contributed by atoms with E-state index in [0.29, 0.717) is 17.2 Å². The maximum absolute atomic E-state index is 11.6. The van der Waals surface area contributed by atoms with E-state index in [9.17, 15) is 8.42 Å². The van der Waals surface area contributed by atoms with Crippen LogP contribution in [0.4, 0.5) is 0 Å². The summed E-state index contributed by atoms with van der Waals surface area (Å²) in [5.41, 5.74) is 1.04. The van der Waals surface area contributed by atoms with Gasteiger partial charge in [0.15, 0.2) is 0 Å². The lowest BCUT2D eigenvalue weighted by Crippen LogP contribution is -2.25. The largest absolute Gasteiger partial charge is 0.240 e. The molecule has 0 radical (unpaired) electrons. The molecule has 0 bridgehead atoms. The molecule has 0 aliphatic heterocycles. The molecular formula is C9H13NO2S2. The van der Waals surface area contributed by atoms with Gasteiger partial charge < -0.3 is 0 Å². The molecule has 1 N–H and O–H groups in total. The highest BCUT2D eigenvalue weighted by Gasteiger charge is 2.11. The Balaban J connectivity index is 2.87. The molecule has 1 rings (SSSR count). The van der Waals surface area contributed by atoms with Crippen LogP contribution in [0.5, 0.6) is 0 Å². The highest BCUT2D eigenvalue weighted by Crippen LogP contribution is 2.09. The van der Waals surface area contributed by atoms with Gasteiger partial charge in [-0.25, -0.2) is 13.1 Å². The van der Waals surface area contributed by atoms with Crippen LogP contribution in [-0.2, 0) is 10.0 Å². The SMILES string of the molecule is Cc1ccc(S(=O)(=O)NCCS)cc1. The lowest BCUT2D eigenvalue weighted by molar-refractivity contribution is 0.584. The quantitative estimate of drug-likeness (QED) is 0.765. The highest BCUT2D eigenvalue weighted by molar-refractivity contribution is 7.89. The summed E-state index contributed by atoms with van der Waals surface area (Å²) in [5, 5.41) is 0. The number of rotatable bonds is 4. The molecule has 0 spiro atoms. The second-order valence-corrected chi connectivity index (χ2v) is 5.15. The fourth-order valence-electron chi connectivity index (χ4n) is 0.981. The molecule has 0 unspecified atom stereocenters. The second-order valence-electron chi connectivity index (χ2n) is 2.93. The van der Waals surface area contributed by atoms with Crippen LogP contribution in [0.1, 0.15) is 5.56 Å². The third kappa shape index (κ3) is 3.01. The van der Waals surface area contributed by atoms with Crippen LogP contribution in [0.2, 0.25) is 0 Å². The number of nitrogens with one attached hydrogen (secondary N) is 1. The Morgan fingerprint density at radius 3 is 2.36 bits per heavy atom. The lowest BCUT2D eigenvalue weighted by Gasteiger charge is -2.04. The Morgan fingerprint density at radius 1 is 1.29 bits per heavy atom. The Hall–Kier alpha value is -0.520. The van der Waals surface area contributed by atoms with E-state index >= 15 is 0 Å². The van der Waals surface area contributed by atoms with Crippen LogP contribution in [-0.4, -0.2) is 20.7 Å². The van der Waals surface area contributed by atoms with Crippen LogP contribution in [0.15, 0.2) is 29.2 Å². The number of sulfonamides is 1. The van der Waals surface area contributed by atoms with Crippen molar-refractivity contribution in [2.24, 2.45) is 0 Å². The molecule has 0 fully saturated rings. The summed E-state index contributed by atoms with van der Waals surface area (Å²) in [7, 11) is -3.34. The summed E-state index contributed by atoms with van der Waals surface area (Å²) in [6, 6.07) is 6.73. The van der Waals surface area contributed by atoms with Crippen LogP contribution in [0.25, 0.3) is 0 Å². The fraction of sp³-hybridized carbons (Fsp3) is 0.333. The maximum Gasteiger partial charge on any atom is 0.240 e. The van der Waals surface area contributed by atoms with Crippen molar-refractivity contribution in [2.45, 2.75) is 11.8 Å². The van der Waals surface area contributed by atoms with Crippen LogP contribution in [0.3, 0.4) is 0 Å². The predicted octanol–water partition coefficient (Wildman–Crippen LogP) is 1.20. The minimum absolute atomic E-state index is 0.296. The Morgan fingerprint density at radius 2 is 1.86 bits per heavy atom. The van der Waals surface area contributed by atoms with Gasteiger partial charge in [0, 0.05) is 12.3 Å². The van der Waals surface area contributed by atoms with Crippen molar-refractivity contribution < 1.29 is 8.42 Å². The van der Waals surface area contributed by atoms with Gasteiger partial charge in [0.1, 0.15) is 0 Å². The van der Waals surface area contributed by atoms with Gasteiger partial charge in [-0.05, 0) is 19.1 Å². The van der Waals surface area contributed by atoms with Crippen molar-refractivity contribution in [1.82, 2.24) is 4.72 Å². The van der Waals surface area contributed by atoms with Gasteiger partial charge in [-0.15, -0.1) is 0 Å². The van der Waals surface area contributed by atoms with Gasteiger partial charge in [0.05, 0.1) is 4.90 Å². The molecule has 0 aliphatic rings. The fourth-order valence-corrected chi connectivity index (χ4v) is 2.28. The molecule has 3 nitrogen and oxygen atoms in total. The topological polar surface area (TPSA) is 46.2 Å². The highest BCUT2D eigenvalue weighted by atomic mass is 32.2. The van der Waals surface area contributed by atoms with E-state index in [1.54, 1.807) is 24.3 Å². The number of hydrogen-bond donors (Lipinski definition) is 2. The van der Waals surface area contributed by atoms with E-state index in [4.69, 9.17) is 0 Å². The van der Waals surface area contributed by atoms with Crippen LogP contribution < -0.4 is 4.72 Å². The first kappa shape index (κ1) is 11.6. The van der Waals surface area contributed by atoms with E-state index in [1.165, 1.54) is 0 Å². The third-order valence-electron chi connectivity index (χ3n) is 1.74. The Bertz CT molecular complexity index is 384. The number of thiol groups is 1. The smallest absolute Gasteiger partial charge is 0.210 e. The zero-order chi connectivity index (χ0) is 10.6. The molecule has 78 valence electrons. The van der Waals surface area contributed by atoms with Crippen molar-refractivity contribution in [2.75, 3.05) is 12.3 Å². The molecule has 0 aliphatic carbocycles. The Kier molecular flexibility index (Phi) is 3.97. The molecular weight excluding hydrogens is 218 g/mol. The number of benzene rings is 1. The van der Waals surface area contributed by atoms with Gasteiger partial charge in [0.25, 0.3) is 0 Å². The average molecular weight is 231 g/mol. The van der Waals surface area contributed by atoms with E-state index in [-0.39, 0.29) is 0 Å². The summed E-state index contributed by atoms with van der Waals surface area (Å²) < 4.78 is 25.6. The molecule has 14 heavy (non-hydrogen) atoms. The number of hydrogen-bond acceptors (Lipinski definition) is 3. The summed E-state index contributed by atoms with van der Waals surface area (Å²) in [6.45, 7) is 2.26. The molecule has 5 heteroatoms. The molecule has 0 saturated carbocycles. The zero-order valence-electron chi connectivity index (χ0n) is 7.90. The van der Waals surface area contributed by atoms with Crippen LogP contribution in [0, 0.1) is 6.92 Å². The van der Waals surface area contributed by atoms with Crippen molar-refractivity contribution >= 4 is 22.7 Å². The summed E-state index contributed by atoms with van der Waals surface area (Å²) in [5.74, 6) is 0.491. The molecule has 1 aromatic carbocycles. The zero-order valence-corrected chi connectivity index (χ0v) is 9.61. The second kappa shape index (κ2) is 4.82. The van der Waals surface area contributed by atoms with Gasteiger partial charge in [-0.1, -0.05) is 17.7 Å². The standard InChI is InChI=1S/C9H13NO2S2/c1-8-2-4-9(5-3-8)14(11,12)10-6-7-13/h2-5,10,13H,6-7H2,1H3. The van der Waals surface area contributed by atoms with E-state index in [2.05, 4.69) is 17.4 Å². The first-order valence-electron chi connectivity index (χ1n) is 4.23. The molecule has 0 heterocycles. The molecule has 0 amide bonds. The predicted molar refractivity (Wildman–Crippen MR) is 60.2 cm³/mol. The van der Waals surface area contributed by atoms with E-state index in [1.807, 2.05) is 6.92 Å². The average Bonchev–Trinajstić information content (AvgIpc) is 2.16. The summed E-state index contributed by atoms with van der Waals surface area (Å²) in [4.78, 5) is 0.296. The van der Waals surface area contributed by atoms with Crippen molar-refractivity contribution in [3.05, 3.63) is 29.8 Å². The molecule has 0 saturated heterocycles. The normalized spacial score (nSPS) is 11.6. The van der Waals surface area contributed by atoms with Crippen molar-refractivity contribution in [1.29, 1.82) is 0 Å². The molecule has 1 aromatic rings. The minimum atomic E-state index is -3.34. The van der Waals surface area contributed by atoms with Gasteiger partial charge in [-0.3, -0.25) is 0 Å². The third-order valence-corrected chi connectivity index (χ3v) is 3.44. The Labute approximate surface area is 90.0 Å². The lowest BCUT2D eigenvalue weighted by atomic mass is 10.2. The summed E-state index contributed by atoms with van der Waals surface area (Å²) >= 11 is 3.93. The van der Waals surface area contributed by atoms with Crippen molar-refractivity contribution in [3.8, 4) is 0 Å². The van der Waals surface area contributed by atoms with Crippen molar-refractivity contribution in [3.63, 3.8) is 0 Å². The number of aryl methyl sites for hydroxylation is 1. The minimum Gasteiger partial charge on any atom is -0.210 e.